The van der Waals surface area contributed by atoms with Crippen LogP contribution in [0.3, 0.4) is 0 Å². The summed E-state index contributed by atoms with van der Waals surface area (Å²) in [5, 5.41) is 0. The van der Waals surface area contributed by atoms with Crippen molar-refractivity contribution in [1.29, 1.82) is 0 Å². The van der Waals surface area contributed by atoms with Gasteiger partial charge in [-0.25, -0.2) is 0 Å². The molecule has 1 atom stereocenters. The number of ether oxygens (including phenoxy) is 3. The summed E-state index contributed by atoms with van der Waals surface area (Å²) in [6.45, 7) is 6.70. The summed E-state index contributed by atoms with van der Waals surface area (Å²) in [5.41, 5.74) is 0. The largest absolute Gasteiger partial charge is 0.462 e. The van der Waals surface area contributed by atoms with Crippen LogP contribution in [-0.4, -0.2) is 37.2 Å². The Balaban J connectivity index is 4.15. The Labute approximate surface area is 513 Å². The Morgan fingerprint density at radius 1 is 0.232 bits per heavy atom. The van der Waals surface area contributed by atoms with Crippen LogP contribution in [-0.2, 0) is 28.6 Å². The van der Waals surface area contributed by atoms with Crippen molar-refractivity contribution in [2.45, 2.75) is 431 Å². The quantitative estimate of drug-likeness (QED) is 0.0261. The molecule has 0 amide bonds. The lowest BCUT2D eigenvalue weighted by atomic mass is 10.0. The molecule has 82 heavy (non-hydrogen) atoms. The van der Waals surface area contributed by atoms with E-state index in [0.717, 1.165) is 64.2 Å². The zero-order valence-corrected chi connectivity index (χ0v) is 55.8. The van der Waals surface area contributed by atoms with Gasteiger partial charge in [0.15, 0.2) is 6.10 Å². The number of carbonyl (C=O) groups is 3. The third-order valence-electron chi connectivity index (χ3n) is 17.2. The first-order valence-electron chi connectivity index (χ1n) is 37.3. The van der Waals surface area contributed by atoms with Gasteiger partial charge in [0, 0.05) is 19.3 Å². The normalized spacial score (nSPS) is 12.1. The third-order valence-corrected chi connectivity index (χ3v) is 17.2. The minimum absolute atomic E-state index is 0.0692. The summed E-state index contributed by atoms with van der Waals surface area (Å²) in [5.74, 6) is -0.848. The van der Waals surface area contributed by atoms with Gasteiger partial charge in [0.05, 0.1) is 0 Å². The molecule has 0 fully saturated rings. The number of carbonyl (C=O) groups excluding carboxylic acids is 3. The lowest BCUT2D eigenvalue weighted by Crippen LogP contribution is -2.30. The van der Waals surface area contributed by atoms with E-state index in [-0.39, 0.29) is 31.1 Å². The molecule has 0 aromatic rings. The Morgan fingerprint density at radius 2 is 0.402 bits per heavy atom. The summed E-state index contributed by atoms with van der Waals surface area (Å²) >= 11 is 0. The van der Waals surface area contributed by atoms with Gasteiger partial charge in [-0.1, -0.05) is 360 Å². The van der Waals surface area contributed by atoms with Crippen LogP contribution in [0.4, 0.5) is 0 Å². The predicted octanol–water partition coefficient (Wildman–Crippen LogP) is 25.7. The first-order valence-corrected chi connectivity index (χ1v) is 37.3. The van der Waals surface area contributed by atoms with Crippen molar-refractivity contribution in [2.75, 3.05) is 13.2 Å². The highest BCUT2D eigenvalue weighted by Crippen LogP contribution is 2.19. The SMILES string of the molecule is CCCCCCC/C=C\CCCCCCCC(=O)OCC(COC(=O)CCCCCCCCCCCCCCCCCCCCCCCCCCCCCCCCC)OC(=O)CCCCCCCCCCC/C=C\CCCCCCCC. The van der Waals surface area contributed by atoms with E-state index < -0.39 is 6.10 Å². The van der Waals surface area contributed by atoms with Gasteiger partial charge >= 0.3 is 17.9 Å². The minimum atomic E-state index is -0.774. The van der Waals surface area contributed by atoms with Crippen LogP contribution in [0.15, 0.2) is 24.3 Å². The van der Waals surface area contributed by atoms with Crippen LogP contribution in [0.5, 0.6) is 0 Å². The van der Waals surface area contributed by atoms with E-state index in [1.54, 1.807) is 0 Å². The fourth-order valence-electron chi connectivity index (χ4n) is 11.6. The van der Waals surface area contributed by atoms with E-state index in [9.17, 15) is 14.4 Å². The molecule has 0 aromatic carbocycles. The van der Waals surface area contributed by atoms with Gasteiger partial charge in [-0.05, 0) is 70.6 Å². The maximum Gasteiger partial charge on any atom is 0.306 e. The predicted molar refractivity (Wildman–Crippen MR) is 358 cm³/mol. The number of allylic oxidation sites excluding steroid dienone is 4. The molecule has 0 aliphatic rings. The average molecular weight is 1150 g/mol. The first-order chi connectivity index (χ1) is 40.5. The van der Waals surface area contributed by atoms with E-state index in [2.05, 4.69) is 45.1 Å². The maximum absolute atomic E-state index is 13.0. The molecular formula is C76H144O6. The second kappa shape index (κ2) is 71.4. The molecule has 0 saturated heterocycles. The molecule has 484 valence electrons. The highest BCUT2D eigenvalue weighted by molar-refractivity contribution is 5.71. The van der Waals surface area contributed by atoms with Gasteiger partial charge in [-0.3, -0.25) is 14.4 Å². The fourth-order valence-corrected chi connectivity index (χ4v) is 11.6. The fraction of sp³-hybridized carbons (Fsp3) is 0.908. The molecule has 0 spiro atoms. The second-order valence-corrected chi connectivity index (χ2v) is 25.6. The van der Waals surface area contributed by atoms with Crippen molar-refractivity contribution < 1.29 is 28.6 Å². The van der Waals surface area contributed by atoms with Crippen LogP contribution < -0.4 is 0 Å². The van der Waals surface area contributed by atoms with Crippen LogP contribution in [0.2, 0.25) is 0 Å². The minimum Gasteiger partial charge on any atom is -0.462 e. The molecule has 0 aliphatic carbocycles. The van der Waals surface area contributed by atoms with Crippen LogP contribution in [0.25, 0.3) is 0 Å². The highest BCUT2D eigenvalue weighted by atomic mass is 16.6. The van der Waals surface area contributed by atoms with Crippen LogP contribution in [0.1, 0.15) is 425 Å². The Kier molecular flexibility index (Phi) is 69.5. The number of hydrogen-bond acceptors (Lipinski definition) is 6. The van der Waals surface area contributed by atoms with E-state index in [1.165, 1.54) is 321 Å². The molecule has 0 radical (unpaired) electrons. The number of rotatable bonds is 70. The monoisotopic (exact) mass is 1150 g/mol. The smallest absolute Gasteiger partial charge is 0.306 e. The van der Waals surface area contributed by atoms with Crippen LogP contribution in [0, 0.1) is 0 Å². The molecule has 1 unspecified atom stereocenters. The summed E-state index contributed by atoms with van der Waals surface area (Å²) in [6, 6.07) is 0. The van der Waals surface area contributed by atoms with Crippen molar-refractivity contribution in [3.05, 3.63) is 24.3 Å². The number of esters is 3. The zero-order valence-electron chi connectivity index (χ0n) is 55.8. The van der Waals surface area contributed by atoms with E-state index in [1.807, 2.05) is 0 Å². The van der Waals surface area contributed by atoms with E-state index in [4.69, 9.17) is 14.2 Å². The lowest BCUT2D eigenvalue weighted by Gasteiger charge is -2.18. The van der Waals surface area contributed by atoms with Gasteiger partial charge < -0.3 is 14.2 Å². The van der Waals surface area contributed by atoms with Crippen molar-refractivity contribution >= 4 is 17.9 Å². The average Bonchev–Trinajstić information content (AvgIpc) is 3.47. The molecule has 0 saturated carbocycles. The summed E-state index contributed by atoms with van der Waals surface area (Å²) < 4.78 is 17.0. The van der Waals surface area contributed by atoms with Crippen molar-refractivity contribution in [3.63, 3.8) is 0 Å². The Hall–Kier alpha value is -2.11. The lowest BCUT2D eigenvalue weighted by molar-refractivity contribution is -0.167. The standard InChI is InChI=1S/C76H144O6/c1-4-7-10-13-16-19-22-25-28-30-32-33-34-35-36-37-38-39-40-41-42-43-45-46-48-51-54-57-60-63-66-69-75(78)81-72-73(71-80-74(77)68-65-62-59-56-53-50-27-24-21-18-15-12-9-6-3)82-76(79)70-67-64-61-58-55-52-49-47-44-31-29-26-23-20-17-14-11-8-5-2/h24,26-27,29,73H,4-23,25,28,30-72H2,1-3H3/b27-24-,29-26-. The first kappa shape index (κ1) is 79.9. The third kappa shape index (κ3) is 68.7. The molecule has 0 bridgehead atoms. The molecule has 0 heterocycles. The molecular weight excluding hydrogens is 1010 g/mol. The van der Waals surface area contributed by atoms with E-state index in [0.29, 0.717) is 19.3 Å². The molecule has 6 heteroatoms. The summed E-state index contributed by atoms with van der Waals surface area (Å²) in [6.07, 6.45) is 88.0. The van der Waals surface area contributed by atoms with Gasteiger partial charge in [0.1, 0.15) is 13.2 Å². The molecule has 0 aromatic heterocycles. The maximum atomic E-state index is 13.0. The van der Waals surface area contributed by atoms with Crippen molar-refractivity contribution in [1.82, 2.24) is 0 Å². The molecule has 0 rings (SSSR count). The summed E-state index contributed by atoms with van der Waals surface area (Å²) in [7, 11) is 0. The number of hydrogen-bond donors (Lipinski definition) is 0. The van der Waals surface area contributed by atoms with Crippen molar-refractivity contribution in [2.24, 2.45) is 0 Å². The van der Waals surface area contributed by atoms with Crippen LogP contribution >= 0.6 is 0 Å². The topological polar surface area (TPSA) is 78.9 Å². The van der Waals surface area contributed by atoms with Gasteiger partial charge in [0.25, 0.3) is 0 Å². The highest BCUT2D eigenvalue weighted by Gasteiger charge is 2.20. The Morgan fingerprint density at radius 3 is 0.610 bits per heavy atom. The molecule has 6 nitrogen and oxygen atoms in total. The zero-order chi connectivity index (χ0) is 59.2. The second-order valence-electron chi connectivity index (χ2n) is 25.6. The van der Waals surface area contributed by atoms with Gasteiger partial charge in [-0.15, -0.1) is 0 Å². The summed E-state index contributed by atoms with van der Waals surface area (Å²) in [4.78, 5) is 38.4. The van der Waals surface area contributed by atoms with Crippen molar-refractivity contribution in [3.8, 4) is 0 Å². The van der Waals surface area contributed by atoms with Gasteiger partial charge in [0.2, 0.25) is 0 Å². The Bertz CT molecular complexity index is 1320. The molecule has 0 aliphatic heterocycles. The van der Waals surface area contributed by atoms with E-state index >= 15 is 0 Å². The number of unbranched alkanes of at least 4 members (excludes halogenated alkanes) is 55. The molecule has 0 N–H and O–H groups in total. The van der Waals surface area contributed by atoms with Gasteiger partial charge in [-0.2, -0.15) is 0 Å².